The average molecular weight is 234 g/mol. The number of carboxylic acids is 1. The van der Waals surface area contributed by atoms with E-state index in [-0.39, 0.29) is 12.5 Å². The van der Waals surface area contributed by atoms with Crippen molar-refractivity contribution in [3.63, 3.8) is 0 Å². The number of anilines is 1. The maximum atomic E-state index is 11.3. The first-order chi connectivity index (χ1) is 7.97. The summed E-state index contributed by atoms with van der Waals surface area (Å²) in [7, 11) is 0. The first kappa shape index (κ1) is 12.8. The molecule has 0 aliphatic heterocycles. The predicted octanol–water partition coefficient (Wildman–Crippen LogP) is 1.97. The van der Waals surface area contributed by atoms with Crippen LogP contribution in [0.1, 0.15) is 12.5 Å². The van der Waals surface area contributed by atoms with Crippen molar-refractivity contribution in [2.45, 2.75) is 13.3 Å². The zero-order valence-electron chi connectivity index (χ0n) is 9.49. The lowest BCUT2D eigenvalue weighted by Crippen LogP contribution is -2.26. The fourth-order valence-corrected chi connectivity index (χ4v) is 1.24. The average Bonchev–Trinajstić information content (AvgIpc) is 2.18. The third-order valence-electron chi connectivity index (χ3n) is 1.89. The first-order valence-corrected chi connectivity index (χ1v) is 5.01. The van der Waals surface area contributed by atoms with Crippen LogP contribution in [0.2, 0.25) is 0 Å². The van der Waals surface area contributed by atoms with E-state index in [0.29, 0.717) is 16.9 Å². The number of allylic oxidation sites excluding steroid dienone is 1. The molecule has 1 aromatic carbocycles. The molecule has 0 aliphatic carbocycles. The Morgan fingerprint density at radius 1 is 1.29 bits per heavy atom. The fourth-order valence-electron chi connectivity index (χ4n) is 1.24. The lowest BCUT2D eigenvalue weighted by atomic mass is 10.1. The summed E-state index contributed by atoms with van der Waals surface area (Å²) in [5.41, 5.74) is 1.83. The fraction of sp³-hybridized carbons (Fsp3) is 0.167. The van der Waals surface area contributed by atoms with Gasteiger partial charge in [-0.3, -0.25) is 4.79 Å². The van der Waals surface area contributed by atoms with E-state index < -0.39 is 5.97 Å². The summed E-state index contributed by atoms with van der Waals surface area (Å²) in [6.07, 6.45) is -0.0295. The molecule has 90 valence electrons. The number of hydrogen-bond acceptors (Lipinski definition) is 2. The van der Waals surface area contributed by atoms with Crippen LogP contribution in [-0.2, 0) is 11.2 Å². The van der Waals surface area contributed by atoms with Crippen molar-refractivity contribution in [2.24, 2.45) is 0 Å². The highest BCUT2D eigenvalue weighted by molar-refractivity contribution is 5.90. The van der Waals surface area contributed by atoms with Crippen LogP contribution in [0.5, 0.6) is 0 Å². The van der Waals surface area contributed by atoms with Gasteiger partial charge < -0.3 is 15.7 Å². The molecule has 1 aromatic rings. The van der Waals surface area contributed by atoms with E-state index in [2.05, 4.69) is 17.2 Å². The molecule has 0 aromatic heterocycles. The lowest BCUT2D eigenvalue weighted by molar-refractivity contribution is -0.136. The van der Waals surface area contributed by atoms with Crippen molar-refractivity contribution in [3.05, 3.63) is 42.1 Å². The number of urea groups is 1. The number of carbonyl (C=O) groups excluding carboxylic acids is 1. The minimum absolute atomic E-state index is 0.0295. The molecular formula is C12H14N2O3. The number of hydrogen-bond donors (Lipinski definition) is 3. The van der Waals surface area contributed by atoms with Gasteiger partial charge in [-0.05, 0) is 24.6 Å². The molecule has 0 unspecified atom stereocenters. The monoisotopic (exact) mass is 234 g/mol. The van der Waals surface area contributed by atoms with Crippen molar-refractivity contribution in [1.82, 2.24) is 5.32 Å². The highest BCUT2D eigenvalue weighted by Crippen LogP contribution is 2.10. The Kier molecular flexibility index (Phi) is 4.28. The molecule has 3 N–H and O–H groups in total. The number of nitrogens with one attached hydrogen (secondary N) is 2. The van der Waals surface area contributed by atoms with Crippen LogP contribution in [0.4, 0.5) is 10.5 Å². The predicted molar refractivity (Wildman–Crippen MR) is 64.8 cm³/mol. The Balaban J connectivity index is 2.59. The van der Waals surface area contributed by atoms with Gasteiger partial charge in [0.15, 0.2) is 0 Å². The number of amides is 2. The van der Waals surface area contributed by atoms with Gasteiger partial charge in [-0.25, -0.2) is 4.79 Å². The Labute approximate surface area is 99.1 Å². The van der Waals surface area contributed by atoms with E-state index >= 15 is 0 Å². The second kappa shape index (κ2) is 5.69. The molecule has 17 heavy (non-hydrogen) atoms. The molecule has 0 spiro atoms. The van der Waals surface area contributed by atoms with Gasteiger partial charge in [-0.15, -0.1) is 0 Å². The van der Waals surface area contributed by atoms with Crippen LogP contribution in [0, 0.1) is 0 Å². The molecule has 0 heterocycles. The molecule has 5 nitrogen and oxygen atoms in total. The minimum Gasteiger partial charge on any atom is -0.481 e. The Hall–Kier alpha value is -2.30. The highest BCUT2D eigenvalue weighted by Gasteiger charge is 2.03. The maximum Gasteiger partial charge on any atom is 0.323 e. The molecule has 0 atom stereocenters. The van der Waals surface area contributed by atoms with Crippen LogP contribution >= 0.6 is 0 Å². The molecule has 2 amide bonds. The zero-order chi connectivity index (χ0) is 12.8. The van der Waals surface area contributed by atoms with Gasteiger partial charge in [0.2, 0.25) is 0 Å². The lowest BCUT2D eigenvalue weighted by Gasteiger charge is -2.07. The SMILES string of the molecule is C=C(C)NC(=O)Nc1ccc(CC(=O)O)cc1. The number of benzene rings is 1. The molecule has 5 heteroatoms. The number of carboxylic acid groups (broad SMARTS) is 1. The van der Waals surface area contributed by atoms with Crippen LogP contribution in [0.25, 0.3) is 0 Å². The van der Waals surface area contributed by atoms with Gasteiger partial charge in [0.05, 0.1) is 6.42 Å². The van der Waals surface area contributed by atoms with Crippen LogP contribution in [0.3, 0.4) is 0 Å². The topological polar surface area (TPSA) is 78.4 Å². The van der Waals surface area contributed by atoms with Crippen molar-refractivity contribution < 1.29 is 14.7 Å². The summed E-state index contributed by atoms with van der Waals surface area (Å²) in [5.74, 6) is -0.884. The third-order valence-corrected chi connectivity index (χ3v) is 1.89. The summed E-state index contributed by atoms with van der Waals surface area (Å²) < 4.78 is 0. The number of rotatable bonds is 4. The molecule has 1 rings (SSSR count). The molecule has 0 radical (unpaired) electrons. The van der Waals surface area contributed by atoms with E-state index in [4.69, 9.17) is 5.11 Å². The van der Waals surface area contributed by atoms with E-state index in [1.807, 2.05) is 0 Å². The quantitative estimate of drug-likeness (QED) is 0.745. The zero-order valence-corrected chi connectivity index (χ0v) is 9.49. The van der Waals surface area contributed by atoms with Gasteiger partial charge in [0, 0.05) is 11.4 Å². The van der Waals surface area contributed by atoms with Crippen molar-refractivity contribution in [2.75, 3.05) is 5.32 Å². The largest absolute Gasteiger partial charge is 0.481 e. The normalized spacial score (nSPS) is 9.47. The van der Waals surface area contributed by atoms with Crippen LogP contribution < -0.4 is 10.6 Å². The number of aliphatic carboxylic acids is 1. The Bertz CT molecular complexity index is 438. The summed E-state index contributed by atoms with van der Waals surface area (Å²) >= 11 is 0. The third kappa shape index (κ3) is 4.83. The highest BCUT2D eigenvalue weighted by atomic mass is 16.4. The van der Waals surface area contributed by atoms with Crippen LogP contribution in [-0.4, -0.2) is 17.1 Å². The first-order valence-electron chi connectivity index (χ1n) is 5.01. The van der Waals surface area contributed by atoms with Gasteiger partial charge in [-0.1, -0.05) is 18.7 Å². The molecule has 0 saturated heterocycles. The molecule has 0 bridgehead atoms. The van der Waals surface area contributed by atoms with E-state index in [9.17, 15) is 9.59 Å². The summed E-state index contributed by atoms with van der Waals surface area (Å²) in [6.45, 7) is 5.22. The van der Waals surface area contributed by atoms with Gasteiger partial charge in [0.25, 0.3) is 0 Å². The molecular weight excluding hydrogens is 220 g/mol. The summed E-state index contributed by atoms with van der Waals surface area (Å²) in [5, 5.41) is 13.7. The number of carbonyl (C=O) groups is 2. The van der Waals surface area contributed by atoms with Crippen LogP contribution in [0.15, 0.2) is 36.5 Å². The molecule has 0 fully saturated rings. The summed E-state index contributed by atoms with van der Waals surface area (Å²) in [6, 6.07) is 6.24. The Morgan fingerprint density at radius 3 is 2.35 bits per heavy atom. The molecule has 0 aliphatic rings. The van der Waals surface area contributed by atoms with Gasteiger partial charge in [0.1, 0.15) is 0 Å². The van der Waals surface area contributed by atoms with E-state index in [1.165, 1.54) is 0 Å². The van der Waals surface area contributed by atoms with Gasteiger partial charge in [-0.2, -0.15) is 0 Å². The second-order valence-electron chi connectivity index (χ2n) is 3.63. The second-order valence-corrected chi connectivity index (χ2v) is 3.63. The summed E-state index contributed by atoms with van der Waals surface area (Å²) in [4.78, 5) is 21.8. The maximum absolute atomic E-state index is 11.3. The van der Waals surface area contributed by atoms with Gasteiger partial charge >= 0.3 is 12.0 Å². The van der Waals surface area contributed by atoms with Crippen molar-refractivity contribution >= 4 is 17.7 Å². The Morgan fingerprint density at radius 2 is 1.88 bits per heavy atom. The van der Waals surface area contributed by atoms with Crippen molar-refractivity contribution in [1.29, 1.82) is 0 Å². The van der Waals surface area contributed by atoms with E-state index in [0.717, 1.165) is 0 Å². The van der Waals surface area contributed by atoms with E-state index in [1.54, 1.807) is 31.2 Å². The standard InChI is InChI=1S/C12H14N2O3/c1-8(2)13-12(17)14-10-5-3-9(4-6-10)7-11(15)16/h3-6H,1,7H2,2H3,(H,15,16)(H2,13,14,17). The van der Waals surface area contributed by atoms with Crippen molar-refractivity contribution in [3.8, 4) is 0 Å². The molecule has 0 saturated carbocycles. The smallest absolute Gasteiger partial charge is 0.323 e. The minimum atomic E-state index is -0.884.